The van der Waals surface area contributed by atoms with Gasteiger partial charge in [0.05, 0.1) is 17.2 Å². The molecule has 0 amide bonds. The van der Waals surface area contributed by atoms with Gasteiger partial charge in [-0.1, -0.05) is 37.0 Å². The summed E-state index contributed by atoms with van der Waals surface area (Å²) in [6.45, 7) is 4.15. The van der Waals surface area contributed by atoms with Crippen molar-refractivity contribution < 1.29 is 13.2 Å². The van der Waals surface area contributed by atoms with E-state index in [-0.39, 0.29) is 20.9 Å². The van der Waals surface area contributed by atoms with Gasteiger partial charge in [0, 0.05) is 12.6 Å². The highest BCUT2D eigenvalue weighted by atomic mass is 35.5. The third-order valence-corrected chi connectivity index (χ3v) is 4.36. The van der Waals surface area contributed by atoms with E-state index < -0.39 is 10.0 Å². The summed E-state index contributed by atoms with van der Waals surface area (Å²) in [5.41, 5.74) is 0. The number of ether oxygens (including phenoxy) is 1. The van der Waals surface area contributed by atoms with Gasteiger partial charge in [-0.3, -0.25) is 0 Å². The van der Waals surface area contributed by atoms with Crippen LogP contribution in [-0.4, -0.2) is 22.1 Å². The smallest absolute Gasteiger partial charge is 0.242 e. The molecule has 1 aromatic rings. The lowest BCUT2D eigenvalue weighted by atomic mass is 10.2. The second-order valence-electron chi connectivity index (χ2n) is 4.16. The molecule has 0 aliphatic rings. The maximum absolute atomic E-state index is 12.0. The second kappa shape index (κ2) is 6.10. The number of hydrogen-bond acceptors (Lipinski definition) is 3. The van der Waals surface area contributed by atoms with E-state index in [1.165, 1.54) is 19.2 Å². The zero-order valence-corrected chi connectivity index (χ0v) is 12.7. The van der Waals surface area contributed by atoms with Crippen LogP contribution in [-0.2, 0) is 10.0 Å². The predicted octanol–water partition coefficient (Wildman–Crippen LogP) is 2.94. The van der Waals surface area contributed by atoms with Crippen molar-refractivity contribution in [2.45, 2.75) is 18.7 Å². The molecule has 1 rings (SSSR count). The van der Waals surface area contributed by atoms with Gasteiger partial charge in [-0.05, 0) is 12.0 Å². The summed E-state index contributed by atoms with van der Waals surface area (Å²) in [5.74, 6) is 0.539. The summed E-state index contributed by atoms with van der Waals surface area (Å²) in [7, 11) is -2.22. The summed E-state index contributed by atoms with van der Waals surface area (Å²) in [5, 5.41) is 0.277. The van der Waals surface area contributed by atoms with Crippen LogP contribution in [0, 0.1) is 5.92 Å². The van der Waals surface area contributed by atoms with Crippen molar-refractivity contribution >= 4 is 33.2 Å². The van der Waals surface area contributed by atoms with E-state index in [0.29, 0.717) is 12.3 Å². The Morgan fingerprint density at radius 3 is 2.39 bits per heavy atom. The van der Waals surface area contributed by atoms with Crippen LogP contribution in [0.5, 0.6) is 5.75 Å². The first-order valence-electron chi connectivity index (χ1n) is 5.30. The number of hydrogen-bond donors (Lipinski definition) is 1. The van der Waals surface area contributed by atoms with Gasteiger partial charge in [-0.15, -0.1) is 0 Å². The van der Waals surface area contributed by atoms with Crippen LogP contribution in [0.15, 0.2) is 17.0 Å². The van der Waals surface area contributed by atoms with Crippen LogP contribution in [0.4, 0.5) is 0 Å². The minimum absolute atomic E-state index is 0.0457. The van der Waals surface area contributed by atoms with E-state index in [1.54, 1.807) is 0 Å². The van der Waals surface area contributed by atoms with E-state index in [1.807, 2.05) is 13.8 Å². The molecule has 102 valence electrons. The molecule has 7 heteroatoms. The Balaban J connectivity index is 3.13. The van der Waals surface area contributed by atoms with Gasteiger partial charge in [-0.25, -0.2) is 13.1 Å². The van der Waals surface area contributed by atoms with Crippen molar-refractivity contribution in [2.75, 3.05) is 13.7 Å². The highest BCUT2D eigenvalue weighted by Gasteiger charge is 2.20. The molecule has 0 bridgehead atoms. The van der Waals surface area contributed by atoms with Crippen molar-refractivity contribution in [1.82, 2.24) is 4.72 Å². The maximum atomic E-state index is 12.0. The first-order valence-corrected chi connectivity index (χ1v) is 7.54. The molecule has 0 aromatic heterocycles. The number of methoxy groups -OCH3 is 1. The van der Waals surface area contributed by atoms with Crippen LogP contribution < -0.4 is 9.46 Å². The van der Waals surface area contributed by atoms with Crippen LogP contribution in [0.25, 0.3) is 0 Å². The van der Waals surface area contributed by atoms with E-state index in [4.69, 9.17) is 27.9 Å². The molecule has 0 heterocycles. The molecule has 1 aromatic carbocycles. The number of sulfonamides is 1. The molecular formula is C11H15Cl2NO3S. The van der Waals surface area contributed by atoms with Crippen molar-refractivity contribution in [1.29, 1.82) is 0 Å². The highest BCUT2D eigenvalue weighted by molar-refractivity contribution is 7.89. The van der Waals surface area contributed by atoms with Crippen LogP contribution in [0.3, 0.4) is 0 Å². The summed E-state index contributed by atoms with van der Waals surface area (Å²) in [6.07, 6.45) is 0. The van der Waals surface area contributed by atoms with Crippen molar-refractivity contribution in [3.63, 3.8) is 0 Å². The third kappa shape index (κ3) is 3.75. The lowest BCUT2D eigenvalue weighted by Crippen LogP contribution is -2.27. The van der Waals surface area contributed by atoms with Crippen LogP contribution >= 0.6 is 23.2 Å². The molecule has 1 N–H and O–H groups in total. The normalized spacial score (nSPS) is 11.9. The zero-order chi connectivity index (χ0) is 13.9. The minimum atomic E-state index is -3.66. The van der Waals surface area contributed by atoms with E-state index >= 15 is 0 Å². The van der Waals surface area contributed by atoms with Gasteiger partial charge >= 0.3 is 0 Å². The molecule has 0 aliphatic heterocycles. The SMILES string of the molecule is COc1cc(Cl)c(S(=O)(=O)NCC(C)C)cc1Cl. The highest BCUT2D eigenvalue weighted by Crippen LogP contribution is 2.33. The fraction of sp³-hybridized carbons (Fsp3) is 0.455. The van der Waals surface area contributed by atoms with Gasteiger partial charge in [0.2, 0.25) is 10.0 Å². The largest absolute Gasteiger partial charge is 0.495 e. The van der Waals surface area contributed by atoms with E-state index in [9.17, 15) is 8.42 Å². The average Bonchev–Trinajstić information content (AvgIpc) is 2.29. The van der Waals surface area contributed by atoms with E-state index in [2.05, 4.69) is 4.72 Å². The number of rotatable bonds is 5. The van der Waals surface area contributed by atoms with Crippen LogP contribution in [0.1, 0.15) is 13.8 Å². The molecule has 0 fully saturated rings. The first kappa shape index (κ1) is 15.6. The fourth-order valence-corrected chi connectivity index (χ4v) is 3.29. The number of benzene rings is 1. The molecule has 0 saturated heterocycles. The Morgan fingerprint density at radius 1 is 1.28 bits per heavy atom. The van der Waals surface area contributed by atoms with Crippen molar-refractivity contribution in [2.24, 2.45) is 5.92 Å². The average molecular weight is 312 g/mol. The Bertz CT molecular complexity index is 529. The lowest BCUT2D eigenvalue weighted by Gasteiger charge is -2.12. The molecule has 4 nitrogen and oxygen atoms in total. The van der Waals surface area contributed by atoms with Gasteiger partial charge < -0.3 is 4.74 Å². The van der Waals surface area contributed by atoms with Gasteiger partial charge in [-0.2, -0.15) is 0 Å². The monoisotopic (exact) mass is 311 g/mol. The summed E-state index contributed by atoms with van der Waals surface area (Å²) in [6, 6.07) is 2.67. The fourth-order valence-electron chi connectivity index (χ4n) is 1.23. The lowest BCUT2D eigenvalue weighted by molar-refractivity contribution is 0.414. The van der Waals surface area contributed by atoms with E-state index in [0.717, 1.165) is 0 Å². The zero-order valence-electron chi connectivity index (χ0n) is 10.3. The summed E-state index contributed by atoms with van der Waals surface area (Å²) >= 11 is 11.8. The molecular weight excluding hydrogens is 297 g/mol. The van der Waals surface area contributed by atoms with Crippen LogP contribution in [0.2, 0.25) is 10.0 Å². The molecule has 0 unspecified atom stereocenters. The molecule has 0 aliphatic carbocycles. The van der Waals surface area contributed by atoms with Crippen molar-refractivity contribution in [3.8, 4) is 5.75 Å². The van der Waals surface area contributed by atoms with Crippen molar-refractivity contribution in [3.05, 3.63) is 22.2 Å². The Kier molecular flexibility index (Phi) is 5.28. The standard InChI is InChI=1S/C11H15Cl2NO3S/c1-7(2)6-14-18(15,16)11-5-8(12)10(17-3)4-9(11)13/h4-5,7,14H,6H2,1-3H3. The maximum Gasteiger partial charge on any atom is 0.242 e. The summed E-state index contributed by atoms with van der Waals surface area (Å²) in [4.78, 5) is -0.0457. The Hall–Kier alpha value is -0.490. The number of halogens is 2. The quantitative estimate of drug-likeness (QED) is 0.909. The Morgan fingerprint density at radius 2 is 1.89 bits per heavy atom. The third-order valence-electron chi connectivity index (χ3n) is 2.18. The first-order chi connectivity index (χ1) is 8.27. The topological polar surface area (TPSA) is 55.4 Å². The molecule has 0 atom stereocenters. The minimum Gasteiger partial charge on any atom is -0.495 e. The molecule has 18 heavy (non-hydrogen) atoms. The predicted molar refractivity (Wildman–Crippen MR) is 73.0 cm³/mol. The molecule has 0 radical (unpaired) electrons. The van der Waals surface area contributed by atoms with Gasteiger partial charge in [0.1, 0.15) is 10.6 Å². The Labute approximate surface area is 117 Å². The van der Waals surface area contributed by atoms with Gasteiger partial charge in [0.15, 0.2) is 0 Å². The number of nitrogens with one attached hydrogen (secondary N) is 1. The van der Waals surface area contributed by atoms with Gasteiger partial charge in [0.25, 0.3) is 0 Å². The second-order valence-corrected chi connectivity index (χ2v) is 6.71. The molecule has 0 spiro atoms. The summed E-state index contributed by atoms with van der Waals surface area (Å²) < 4.78 is 31.5. The molecule has 0 saturated carbocycles.